The lowest BCUT2D eigenvalue weighted by atomic mass is 10.0. The normalized spacial score (nSPS) is 12.3. The van der Waals surface area contributed by atoms with Crippen LogP contribution in [-0.2, 0) is 0 Å². The van der Waals surface area contributed by atoms with Crippen LogP contribution >= 0.6 is 23.2 Å². The van der Waals surface area contributed by atoms with Crippen molar-refractivity contribution in [3.63, 3.8) is 0 Å². The van der Waals surface area contributed by atoms with Crippen molar-refractivity contribution in [2.45, 2.75) is 6.10 Å². The molecule has 2 rings (SSSR count). The number of aliphatic hydroxyl groups is 1. The number of hydrogen-bond acceptors (Lipinski definition) is 2. The topological polar surface area (TPSA) is 29.5 Å². The molecule has 0 saturated heterocycles. The van der Waals surface area contributed by atoms with E-state index < -0.39 is 11.9 Å². The quantitative estimate of drug-likeness (QED) is 0.919. The summed E-state index contributed by atoms with van der Waals surface area (Å²) in [5.74, 6) is 0.0662. The maximum absolute atomic E-state index is 13.1. The molecule has 0 aromatic heterocycles. The molecule has 1 atom stereocenters. The number of benzene rings is 2. The van der Waals surface area contributed by atoms with Crippen molar-refractivity contribution in [1.82, 2.24) is 0 Å². The third-order valence-corrected chi connectivity index (χ3v) is 3.38. The molecule has 0 fully saturated rings. The number of rotatable bonds is 3. The SMILES string of the molecule is COc1ccc(C(O)c2ccc(F)c(Cl)c2)c(Cl)c1. The molecule has 0 saturated carbocycles. The Morgan fingerprint density at radius 2 is 1.84 bits per heavy atom. The van der Waals surface area contributed by atoms with E-state index >= 15 is 0 Å². The zero-order valence-corrected chi connectivity index (χ0v) is 11.5. The third kappa shape index (κ3) is 3.00. The average molecular weight is 301 g/mol. The van der Waals surface area contributed by atoms with Gasteiger partial charge in [-0.05, 0) is 29.8 Å². The first-order valence-electron chi connectivity index (χ1n) is 5.49. The van der Waals surface area contributed by atoms with E-state index in [0.29, 0.717) is 21.9 Å². The first-order chi connectivity index (χ1) is 9.02. The summed E-state index contributed by atoms with van der Waals surface area (Å²) >= 11 is 11.8. The van der Waals surface area contributed by atoms with Gasteiger partial charge in [-0.25, -0.2) is 4.39 Å². The van der Waals surface area contributed by atoms with Gasteiger partial charge in [-0.1, -0.05) is 35.3 Å². The van der Waals surface area contributed by atoms with Crippen molar-refractivity contribution in [3.05, 3.63) is 63.4 Å². The highest BCUT2D eigenvalue weighted by atomic mass is 35.5. The predicted octanol–water partition coefficient (Wildman–Crippen LogP) is 4.22. The van der Waals surface area contributed by atoms with Crippen LogP contribution in [-0.4, -0.2) is 12.2 Å². The van der Waals surface area contributed by atoms with Crippen molar-refractivity contribution in [2.24, 2.45) is 0 Å². The van der Waals surface area contributed by atoms with Gasteiger partial charge in [0.25, 0.3) is 0 Å². The second-order valence-corrected chi connectivity index (χ2v) is 4.78. The number of hydrogen-bond donors (Lipinski definition) is 1. The maximum atomic E-state index is 13.1. The maximum Gasteiger partial charge on any atom is 0.141 e. The lowest BCUT2D eigenvalue weighted by molar-refractivity contribution is 0.220. The largest absolute Gasteiger partial charge is 0.497 e. The fourth-order valence-corrected chi connectivity index (χ4v) is 2.18. The number of aliphatic hydroxyl groups excluding tert-OH is 1. The van der Waals surface area contributed by atoms with Gasteiger partial charge in [-0.2, -0.15) is 0 Å². The van der Waals surface area contributed by atoms with Crippen molar-refractivity contribution in [2.75, 3.05) is 7.11 Å². The minimum atomic E-state index is -0.975. The number of ether oxygens (including phenoxy) is 1. The van der Waals surface area contributed by atoms with Crippen LogP contribution in [0.5, 0.6) is 5.75 Å². The first-order valence-corrected chi connectivity index (χ1v) is 6.25. The molecule has 0 radical (unpaired) electrons. The minimum Gasteiger partial charge on any atom is -0.497 e. The number of halogens is 3. The van der Waals surface area contributed by atoms with E-state index in [1.165, 1.54) is 25.3 Å². The minimum absolute atomic E-state index is 0.0406. The number of methoxy groups -OCH3 is 1. The summed E-state index contributed by atoms with van der Waals surface area (Å²) in [6, 6.07) is 9.00. The Kier molecular flexibility index (Phi) is 4.30. The Balaban J connectivity index is 2.38. The lowest BCUT2D eigenvalue weighted by Crippen LogP contribution is -2.01. The molecule has 5 heteroatoms. The third-order valence-electron chi connectivity index (χ3n) is 2.76. The molecule has 0 amide bonds. The summed E-state index contributed by atoms with van der Waals surface area (Å²) < 4.78 is 18.1. The van der Waals surface area contributed by atoms with Crippen molar-refractivity contribution < 1.29 is 14.2 Å². The summed E-state index contributed by atoms with van der Waals surface area (Å²) in [6.07, 6.45) is -0.975. The zero-order chi connectivity index (χ0) is 14.0. The lowest BCUT2D eigenvalue weighted by Gasteiger charge is -2.14. The van der Waals surface area contributed by atoms with Crippen LogP contribution < -0.4 is 4.74 Å². The highest BCUT2D eigenvalue weighted by molar-refractivity contribution is 6.31. The molecule has 0 bridgehead atoms. The van der Waals surface area contributed by atoms with Gasteiger partial charge in [0.15, 0.2) is 0 Å². The molecule has 0 aliphatic carbocycles. The van der Waals surface area contributed by atoms with E-state index in [9.17, 15) is 9.50 Å². The van der Waals surface area contributed by atoms with Crippen LogP contribution in [0.1, 0.15) is 17.2 Å². The molecule has 0 spiro atoms. The van der Waals surface area contributed by atoms with Gasteiger partial charge in [-0.3, -0.25) is 0 Å². The Labute approximate surface area is 120 Å². The van der Waals surface area contributed by atoms with Gasteiger partial charge in [0.1, 0.15) is 17.7 Å². The van der Waals surface area contributed by atoms with Crippen LogP contribution in [0.15, 0.2) is 36.4 Å². The van der Waals surface area contributed by atoms with Gasteiger partial charge in [0, 0.05) is 5.56 Å². The van der Waals surface area contributed by atoms with Crippen molar-refractivity contribution in [3.8, 4) is 5.75 Å². The molecular formula is C14H11Cl2FO2. The fraction of sp³-hybridized carbons (Fsp3) is 0.143. The highest BCUT2D eigenvalue weighted by Crippen LogP contribution is 2.32. The van der Waals surface area contributed by atoms with E-state index in [0.717, 1.165) is 0 Å². The fourth-order valence-electron chi connectivity index (χ4n) is 1.72. The Morgan fingerprint density at radius 1 is 1.11 bits per heavy atom. The van der Waals surface area contributed by atoms with E-state index in [-0.39, 0.29) is 5.02 Å². The standard InChI is InChI=1S/C14H11Cl2FO2/c1-19-9-3-4-10(11(15)7-9)14(18)8-2-5-13(17)12(16)6-8/h2-7,14,18H,1H3. The average Bonchev–Trinajstić information content (AvgIpc) is 2.41. The molecule has 100 valence electrons. The van der Waals surface area contributed by atoms with Gasteiger partial charge >= 0.3 is 0 Å². The summed E-state index contributed by atoms with van der Waals surface area (Å²) in [5.41, 5.74) is 0.976. The molecule has 0 aliphatic rings. The summed E-state index contributed by atoms with van der Waals surface area (Å²) in [6.45, 7) is 0. The predicted molar refractivity (Wildman–Crippen MR) is 73.5 cm³/mol. The molecule has 1 N–H and O–H groups in total. The molecule has 0 heterocycles. The summed E-state index contributed by atoms with van der Waals surface area (Å²) in [7, 11) is 1.53. The van der Waals surface area contributed by atoms with Crippen LogP contribution in [0.4, 0.5) is 4.39 Å². The summed E-state index contributed by atoms with van der Waals surface area (Å²) in [5, 5.41) is 10.6. The highest BCUT2D eigenvalue weighted by Gasteiger charge is 2.16. The molecular weight excluding hydrogens is 290 g/mol. The molecule has 2 aromatic carbocycles. The van der Waals surface area contributed by atoms with Crippen LogP contribution in [0.3, 0.4) is 0 Å². The Hall–Kier alpha value is -1.29. The second kappa shape index (κ2) is 5.78. The smallest absolute Gasteiger partial charge is 0.141 e. The summed E-state index contributed by atoms with van der Waals surface area (Å²) in [4.78, 5) is 0. The molecule has 2 aromatic rings. The van der Waals surface area contributed by atoms with Crippen molar-refractivity contribution in [1.29, 1.82) is 0 Å². The molecule has 2 nitrogen and oxygen atoms in total. The van der Waals surface area contributed by atoms with Crippen LogP contribution in [0.2, 0.25) is 10.0 Å². The first kappa shape index (κ1) is 14.1. The Morgan fingerprint density at radius 3 is 2.42 bits per heavy atom. The van der Waals surface area contributed by atoms with Gasteiger partial charge in [0.2, 0.25) is 0 Å². The van der Waals surface area contributed by atoms with Crippen molar-refractivity contribution >= 4 is 23.2 Å². The molecule has 0 aliphatic heterocycles. The van der Waals surface area contributed by atoms with Crippen LogP contribution in [0, 0.1) is 5.82 Å². The molecule has 19 heavy (non-hydrogen) atoms. The van der Waals surface area contributed by atoms with Crippen LogP contribution in [0.25, 0.3) is 0 Å². The van der Waals surface area contributed by atoms with Gasteiger partial charge in [0.05, 0.1) is 17.2 Å². The van der Waals surface area contributed by atoms with E-state index in [1.807, 2.05) is 0 Å². The monoisotopic (exact) mass is 300 g/mol. The van der Waals surface area contributed by atoms with Gasteiger partial charge < -0.3 is 9.84 Å². The van der Waals surface area contributed by atoms with E-state index in [1.54, 1.807) is 18.2 Å². The van der Waals surface area contributed by atoms with Gasteiger partial charge in [-0.15, -0.1) is 0 Å². The zero-order valence-electron chi connectivity index (χ0n) is 10.0. The Bertz CT molecular complexity index is 602. The van der Waals surface area contributed by atoms with E-state index in [2.05, 4.69) is 0 Å². The molecule has 1 unspecified atom stereocenters. The second-order valence-electron chi connectivity index (χ2n) is 3.96. The van der Waals surface area contributed by atoms with E-state index in [4.69, 9.17) is 27.9 Å².